The molecule has 3 heterocycles. The minimum Gasteiger partial charge on any atom is -0.399 e. The van der Waals surface area contributed by atoms with Crippen LogP contribution in [-0.4, -0.2) is 55.0 Å². The number of hydrogen-bond donors (Lipinski definition) is 3. The number of carbonyl (C=O) groups is 3. The van der Waals surface area contributed by atoms with Gasteiger partial charge in [0.2, 0.25) is 11.8 Å². The van der Waals surface area contributed by atoms with E-state index in [1.807, 2.05) is 18.2 Å². The smallest absolute Gasteiger partial charge is 0.328 e. The summed E-state index contributed by atoms with van der Waals surface area (Å²) in [7, 11) is 0. The summed E-state index contributed by atoms with van der Waals surface area (Å²) in [4.78, 5) is 41.7. The number of nitrogens with one attached hydrogen (secondary N) is 2. The molecule has 0 saturated carbocycles. The van der Waals surface area contributed by atoms with Gasteiger partial charge in [-0.2, -0.15) is 0 Å². The summed E-state index contributed by atoms with van der Waals surface area (Å²) in [6.45, 7) is 5.07. The number of benzene rings is 1. The number of carbonyl (C=O) groups excluding carboxylic acids is 3. The van der Waals surface area contributed by atoms with E-state index in [1.54, 1.807) is 0 Å². The third kappa shape index (κ3) is 2.52. The number of fused-ring (bicyclic) bond motifs is 4. The second-order valence-corrected chi connectivity index (χ2v) is 6.88. The van der Waals surface area contributed by atoms with Gasteiger partial charge in [-0.3, -0.25) is 25.1 Å². The molecule has 1 aromatic rings. The molecule has 9 heteroatoms. The number of barbiturate groups is 1. The van der Waals surface area contributed by atoms with Gasteiger partial charge < -0.3 is 10.6 Å². The summed E-state index contributed by atoms with van der Waals surface area (Å²) in [6.07, 6.45) is 0.233. The Hall–Kier alpha value is -2.32. The molecule has 0 aromatic heterocycles. The van der Waals surface area contributed by atoms with Gasteiger partial charge in [0.05, 0.1) is 6.04 Å². The molecule has 8 nitrogen and oxygen atoms in total. The van der Waals surface area contributed by atoms with Crippen molar-refractivity contribution >= 4 is 41.6 Å². The van der Waals surface area contributed by atoms with Gasteiger partial charge in [0.1, 0.15) is 0 Å². The van der Waals surface area contributed by atoms with Crippen LogP contribution in [0.1, 0.15) is 12.5 Å². The lowest BCUT2D eigenvalue weighted by atomic mass is 9.68. The highest BCUT2D eigenvalue weighted by Gasteiger charge is 2.60. The molecule has 3 aliphatic rings. The first-order valence-corrected chi connectivity index (χ1v) is 8.50. The highest BCUT2D eigenvalue weighted by Crippen LogP contribution is 2.44. The lowest BCUT2D eigenvalue weighted by Gasteiger charge is -2.54. The topological polar surface area (TPSA) is 108 Å². The van der Waals surface area contributed by atoms with Crippen LogP contribution in [0.5, 0.6) is 0 Å². The SMILES string of the molecule is CCN1CCN2c3ccc(N)cc3CC3(C(=O)NC(=O)NC3=O)C2C1.Cl. The molecule has 26 heavy (non-hydrogen) atoms. The Morgan fingerprint density at radius 3 is 2.54 bits per heavy atom. The molecule has 2 saturated heterocycles. The molecule has 1 unspecified atom stereocenters. The maximum absolute atomic E-state index is 12.9. The number of hydrogen-bond acceptors (Lipinski definition) is 6. The number of halogens is 1. The van der Waals surface area contributed by atoms with Crippen LogP contribution >= 0.6 is 12.4 Å². The number of urea groups is 1. The van der Waals surface area contributed by atoms with Crippen LogP contribution in [0.15, 0.2) is 18.2 Å². The van der Waals surface area contributed by atoms with Crippen LogP contribution in [0, 0.1) is 5.41 Å². The number of nitrogens with two attached hydrogens (primary N) is 1. The molecule has 0 radical (unpaired) electrons. The molecule has 4 amide bonds. The van der Waals surface area contributed by atoms with E-state index in [4.69, 9.17) is 5.73 Å². The van der Waals surface area contributed by atoms with E-state index in [1.165, 1.54) is 0 Å². The third-order valence-electron chi connectivity index (χ3n) is 5.63. The molecule has 140 valence electrons. The van der Waals surface area contributed by atoms with Gasteiger partial charge in [-0.15, -0.1) is 12.4 Å². The number of amides is 4. The quantitative estimate of drug-likeness (QED) is 0.472. The molecule has 1 atom stereocenters. The lowest BCUT2D eigenvalue weighted by molar-refractivity contribution is -0.147. The molecular formula is C17H22ClN5O3. The van der Waals surface area contributed by atoms with E-state index in [-0.39, 0.29) is 24.9 Å². The zero-order valence-corrected chi connectivity index (χ0v) is 15.3. The first-order chi connectivity index (χ1) is 12.0. The molecule has 0 aliphatic carbocycles. The van der Waals surface area contributed by atoms with Crippen LogP contribution < -0.4 is 21.3 Å². The Morgan fingerprint density at radius 2 is 1.88 bits per heavy atom. The van der Waals surface area contributed by atoms with Gasteiger partial charge in [0, 0.05) is 31.0 Å². The maximum Gasteiger partial charge on any atom is 0.328 e. The predicted molar refractivity (Wildman–Crippen MR) is 99.2 cm³/mol. The fourth-order valence-corrected chi connectivity index (χ4v) is 4.31. The number of nitrogen functional groups attached to an aromatic ring is 1. The standard InChI is InChI=1S/C17H21N5O3.ClH/c1-2-21-5-6-22-12-4-3-11(18)7-10(12)8-17(13(22)9-21)14(23)19-16(25)20-15(17)24;/h3-4,7,13H,2,5-6,8-9,18H2,1H3,(H2,19,20,23,24,25);1H. The average Bonchev–Trinajstić information content (AvgIpc) is 2.58. The Morgan fingerprint density at radius 1 is 1.19 bits per heavy atom. The Kier molecular flexibility index (Phi) is 4.58. The summed E-state index contributed by atoms with van der Waals surface area (Å²) >= 11 is 0. The highest BCUT2D eigenvalue weighted by molar-refractivity contribution is 6.20. The third-order valence-corrected chi connectivity index (χ3v) is 5.63. The summed E-state index contributed by atoms with van der Waals surface area (Å²) in [5.74, 6) is -1.05. The van der Waals surface area contributed by atoms with Crippen molar-refractivity contribution in [2.45, 2.75) is 19.4 Å². The number of imide groups is 2. The van der Waals surface area contributed by atoms with Crippen LogP contribution in [0.25, 0.3) is 0 Å². The number of likely N-dealkylation sites (N-methyl/N-ethyl adjacent to an activating group) is 1. The fourth-order valence-electron chi connectivity index (χ4n) is 4.31. The molecule has 2 fully saturated rings. The fraction of sp³-hybridized carbons (Fsp3) is 0.471. The van der Waals surface area contributed by atoms with Crippen molar-refractivity contribution in [3.05, 3.63) is 23.8 Å². The molecule has 4 rings (SSSR count). The molecule has 3 aliphatic heterocycles. The molecule has 4 N–H and O–H groups in total. The average molecular weight is 380 g/mol. The van der Waals surface area contributed by atoms with E-state index in [0.717, 1.165) is 24.3 Å². The van der Waals surface area contributed by atoms with Crippen molar-refractivity contribution in [1.29, 1.82) is 0 Å². The van der Waals surface area contributed by atoms with Crippen LogP contribution in [0.2, 0.25) is 0 Å². The Bertz CT molecular complexity index is 764. The second kappa shape index (κ2) is 6.44. The highest BCUT2D eigenvalue weighted by atomic mass is 35.5. The van der Waals surface area contributed by atoms with Crippen molar-refractivity contribution < 1.29 is 14.4 Å². The van der Waals surface area contributed by atoms with Crippen molar-refractivity contribution in [3.8, 4) is 0 Å². The molecule has 0 bridgehead atoms. The normalized spacial score (nSPS) is 24.3. The van der Waals surface area contributed by atoms with Gasteiger partial charge in [-0.25, -0.2) is 4.79 Å². The number of rotatable bonds is 1. The van der Waals surface area contributed by atoms with Gasteiger partial charge in [0.25, 0.3) is 0 Å². The van der Waals surface area contributed by atoms with Crippen molar-refractivity contribution in [2.75, 3.05) is 36.8 Å². The Labute approximate surface area is 157 Å². The van der Waals surface area contributed by atoms with E-state index in [0.29, 0.717) is 18.8 Å². The first-order valence-electron chi connectivity index (χ1n) is 8.50. The van der Waals surface area contributed by atoms with E-state index in [2.05, 4.69) is 27.4 Å². The lowest BCUT2D eigenvalue weighted by Crippen LogP contribution is -2.74. The second-order valence-electron chi connectivity index (χ2n) is 6.88. The first kappa shape index (κ1) is 18.5. The summed E-state index contributed by atoms with van der Waals surface area (Å²) < 4.78 is 0. The van der Waals surface area contributed by atoms with Crippen molar-refractivity contribution in [2.24, 2.45) is 5.41 Å². The van der Waals surface area contributed by atoms with Gasteiger partial charge in [-0.05, 0) is 36.7 Å². The van der Waals surface area contributed by atoms with Crippen molar-refractivity contribution in [1.82, 2.24) is 15.5 Å². The van der Waals surface area contributed by atoms with Crippen molar-refractivity contribution in [3.63, 3.8) is 0 Å². The molecular weight excluding hydrogens is 358 g/mol. The number of nitrogens with zero attached hydrogens (tertiary/aromatic N) is 2. The maximum atomic E-state index is 12.9. The summed E-state index contributed by atoms with van der Waals surface area (Å²) in [5.41, 5.74) is 7.05. The molecule has 1 spiro atoms. The van der Waals surface area contributed by atoms with Gasteiger partial charge >= 0.3 is 6.03 Å². The van der Waals surface area contributed by atoms with Crippen LogP contribution in [0.3, 0.4) is 0 Å². The number of anilines is 2. The van der Waals surface area contributed by atoms with Crippen LogP contribution in [-0.2, 0) is 16.0 Å². The van der Waals surface area contributed by atoms with Crippen LogP contribution in [0.4, 0.5) is 16.2 Å². The summed E-state index contributed by atoms with van der Waals surface area (Å²) in [5, 5.41) is 4.59. The predicted octanol–water partition coefficient (Wildman–Crippen LogP) is 0.110. The zero-order chi connectivity index (χ0) is 17.8. The zero-order valence-electron chi connectivity index (χ0n) is 14.4. The Balaban J connectivity index is 0.00000196. The van der Waals surface area contributed by atoms with E-state index >= 15 is 0 Å². The summed E-state index contributed by atoms with van der Waals surface area (Å²) in [6, 6.07) is 4.52. The molecule has 1 aromatic carbocycles. The van der Waals surface area contributed by atoms with E-state index in [9.17, 15) is 14.4 Å². The van der Waals surface area contributed by atoms with Gasteiger partial charge in [-0.1, -0.05) is 6.92 Å². The van der Waals surface area contributed by atoms with E-state index < -0.39 is 23.3 Å². The van der Waals surface area contributed by atoms with Gasteiger partial charge in [0.15, 0.2) is 5.41 Å². The number of piperazine rings is 1. The largest absolute Gasteiger partial charge is 0.399 e. The minimum atomic E-state index is -1.33. The monoisotopic (exact) mass is 379 g/mol. The minimum absolute atomic E-state index is 0.